The van der Waals surface area contributed by atoms with Gasteiger partial charge < -0.3 is 0 Å². The second kappa shape index (κ2) is 16.7. The summed E-state index contributed by atoms with van der Waals surface area (Å²) in [6.07, 6.45) is 2.01. The van der Waals surface area contributed by atoms with Crippen molar-refractivity contribution in [3.8, 4) is 89.8 Å². The smallest absolute Gasteiger partial charge is 0.164 e. The third kappa shape index (κ3) is 7.47. The van der Waals surface area contributed by atoms with Crippen LogP contribution in [-0.4, -0.2) is 19.9 Å². The summed E-state index contributed by atoms with van der Waals surface area (Å²) < 4.78 is 0. The lowest BCUT2D eigenvalue weighted by Crippen LogP contribution is -2.00. The van der Waals surface area contributed by atoms with Crippen LogP contribution in [0.15, 0.2) is 243 Å². The number of nitrogens with zero attached hydrogens (tertiary/aromatic N) is 4. The molecule has 66 heavy (non-hydrogen) atoms. The van der Waals surface area contributed by atoms with E-state index in [2.05, 4.69) is 224 Å². The fraction of sp³-hybridized carbons (Fsp3) is 0. The van der Waals surface area contributed by atoms with Crippen molar-refractivity contribution in [1.29, 1.82) is 0 Å². The van der Waals surface area contributed by atoms with E-state index in [0.717, 1.165) is 72.1 Å². The van der Waals surface area contributed by atoms with Crippen LogP contribution < -0.4 is 0 Å². The van der Waals surface area contributed by atoms with Gasteiger partial charge in [0.25, 0.3) is 0 Å². The quantitative estimate of drug-likeness (QED) is 0.143. The topological polar surface area (TPSA) is 51.6 Å². The van der Waals surface area contributed by atoms with Gasteiger partial charge in [-0.15, -0.1) is 0 Å². The van der Waals surface area contributed by atoms with Crippen molar-refractivity contribution in [1.82, 2.24) is 19.9 Å². The van der Waals surface area contributed by atoms with Crippen molar-refractivity contribution in [2.24, 2.45) is 0 Å². The molecule has 10 aromatic carbocycles. The molecule has 0 aliphatic rings. The molecule has 12 rings (SSSR count). The van der Waals surface area contributed by atoms with Gasteiger partial charge in [-0.25, -0.2) is 15.0 Å². The van der Waals surface area contributed by atoms with Crippen LogP contribution in [-0.2, 0) is 0 Å². The van der Waals surface area contributed by atoms with Crippen molar-refractivity contribution in [3.05, 3.63) is 243 Å². The fourth-order valence-electron chi connectivity index (χ4n) is 9.09. The first-order valence-corrected chi connectivity index (χ1v) is 22.3. The zero-order valence-corrected chi connectivity index (χ0v) is 35.9. The van der Waals surface area contributed by atoms with Gasteiger partial charge in [-0.1, -0.05) is 212 Å². The Labute approximate surface area is 383 Å². The molecular weight excluding hydrogens is 801 g/mol. The number of hydrogen-bond acceptors (Lipinski definition) is 4. The highest BCUT2D eigenvalue weighted by molar-refractivity contribution is 6.16. The lowest BCUT2D eigenvalue weighted by atomic mass is 9.95. The predicted octanol–water partition coefficient (Wildman–Crippen LogP) is 16.1. The molecule has 4 heteroatoms. The van der Waals surface area contributed by atoms with Crippen LogP contribution >= 0.6 is 0 Å². The van der Waals surface area contributed by atoms with E-state index in [0.29, 0.717) is 17.5 Å². The average Bonchev–Trinajstić information content (AvgIpc) is 3.41. The largest absolute Gasteiger partial charge is 0.255 e. The molecule has 4 nitrogen and oxygen atoms in total. The van der Waals surface area contributed by atoms with Crippen molar-refractivity contribution >= 4 is 32.4 Å². The van der Waals surface area contributed by atoms with Gasteiger partial charge in [0.1, 0.15) is 0 Å². The molecule has 0 spiro atoms. The van der Waals surface area contributed by atoms with Gasteiger partial charge in [-0.05, 0) is 90.5 Å². The van der Waals surface area contributed by atoms with Crippen LogP contribution in [0.2, 0.25) is 0 Å². The summed E-state index contributed by atoms with van der Waals surface area (Å²) in [5.74, 6) is 1.86. The third-order valence-electron chi connectivity index (χ3n) is 12.6. The fourth-order valence-corrected chi connectivity index (χ4v) is 9.09. The lowest BCUT2D eigenvalue weighted by molar-refractivity contribution is 1.07. The monoisotopic (exact) mass is 840 g/mol. The van der Waals surface area contributed by atoms with E-state index in [9.17, 15) is 0 Å². The molecule has 0 unspecified atom stereocenters. The maximum absolute atomic E-state index is 5.12. The maximum Gasteiger partial charge on any atom is 0.164 e. The molecule has 0 saturated heterocycles. The molecule has 2 heterocycles. The van der Waals surface area contributed by atoms with E-state index < -0.39 is 0 Å². The maximum atomic E-state index is 5.12. The van der Waals surface area contributed by atoms with Gasteiger partial charge >= 0.3 is 0 Å². The van der Waals surface area contributed by atoms with Crippen molar-refractivity contribution in [2.45, 2.75) is 0 Å². The highest BCUT2D eigenvalue weighted by atomic mass is 15.0. The molecule has 0 amide bonds. The minimum absolute atomic E-state index is 0.616. The summed E-state index contributed by atoms with van der Waals surface area (Å²) in [6.45, 7) is 0. The molecule has 0 aliphatic heterocycles. The van der Waals surface area contributed by atoms with Crippen LogP contribution in [0.3, 0.4) is 0 Å². The van der Waals surface area contributed by atoms with Gasteiger partial charge in [0, 0.05) is 39.2 Å². The molecule has 308 valence electrons. The van der Waals surface area contributed by atoms with E-state index in [4.69, 9.17) is 19.9 Å². The molecular formula is C62H40N4. The summed E-state index contributed by atoms with van der Waals surface area (Å²) in [7, 11) is 0. The van der Waals surface area contributed by atoms with Crippen LogP contribution in [0.1, 0.15) is 0 Å². The third-order valence-corrected chi connectivity index (χ3v) is 12.6. The molecule has 0 N–H and O–H groups in total. The average molecular weight is 841 g/mol. The van der Waals surface area contributed by atoms with E-state index in [1.807, 2.05) is 18.3 Å². The zero-order chi connectivity index (χ0) is 43.8. The van der Waals surface area contributed by atoms with Crippen molar-refractivity contribution in [2.75, 3.05) is 0 Å². The summed E-state index contributed by atoms with van der Waals surface area (Å²) in [5, 5.41) is 6.02. The predicted molar refractivity (Wildman–Crippen MR) is 274 cm³/mol. The second-order valence-electron chi connectivity index (χ2n) is 16.7. The van der Waals surface area contributed by atoms with Crippen LogP contribution in [0.4, 0.5) is 0 Å². The van der Waals surface area contributed by atoms with Gasteiger partial charge in [0.05, 0.1) is 5.52 Å². The van der Waals surface area contributed by atoms with E-state index in [1.165, 1.54) is 32.7 Å². The summed E-state index contributed by atoms with van der Waals surface area (Å²) in [6, 6.07) is 83.4. The summed E-state index contributed by atoms with van der Waals surface area (Å²) in [4.78, 5) is 20.4. The van der Waals surface area contributed by atoms with Gasteiger partial charge in [0.2, 0.25) is 0 Å². The number of aromatic nitrogens is 4. The summed E-state index contributed by atoms with van der Waals surface area (Å²) >= 11 is 0. The van der Waals surface area contributed by atoms with Crippen LogP contribution in [0.25, 0.3) is 122 Å². The number of fused-ring (bicyclic) bond motifs is 5. The Morgan fingerprint density at radius 2 is 0.606 bits per heavy atom. The lowest BCUT2D eigenvalue weighted by Gasteiger charge is -2.12. The van der Waals surface area contributed by atoms with Crippen molar-refractivity contribution < 1.29 is 0 Å². The van der Waals surface area contributed by atoms with Gasteiger partial charge in [0.15, 0.2) is 17.5 Å². The number of rotatable bonds is 8. The molecule has 0 atom stereocenters. The zero-order valence-electron chi connectivity index (χ0n) is 35.9. The minimum Gasteiger partial charge on any atom is -0.255 e. The Morgan fingerprint density at radius 3 is 1.17 bits per heavy atom. The molecule has 0 aliphatic carbocycles. The van der Waals surface area contributed by atoms with Crippen LogP contribution in [0.5, 0.6) is 0 Å². The van der Waals surface area contributed by atoms with E-state index >= 15 is 0 Å². The molecule has 0 radical (unpaired) electrons. The SMILES string of the molecule is c1ccc(-c2ccc(-c3nc(-c4ccc(-c5ccccc5)cc4)nc(-c4cccc(-c5cccc(-c6cccc(-c7cnc8c(ccc9c%10ccccc%10ccc98)c7)c6)c5)c4)n3)cc2)cc1. The first kappa shape index (κ1) is 38.8. The number of benzene rings is 10. The molecule has 0 bridgehead atoms. The first-order chi connectivity index (χ1) is 32.7. The Bertz CT molecular complexity index is 3630. The number of hydrogen-bond donors (Lipinski definition) is 0. The molecule has 0 saturated carbocycles. The molecule has 2 aromatic heterocycles. The Morgan fingerprint density at radius 1 is 0.212 bits per heavy atom. The van der Waals surface area contributed by atoms with Crippen molar-refractivity contribution in [3.63, 3.8) is 0 Å². The Kier molecular flexibility index (Phi) is 9.81. The highest BCUT2D eigenvalue weighted by Gasteiger charge is 2.15. The minimum atomic E-state index is 0.616. The first-order valence-electron chi connectivity index (χ1n) is 22.3. The Hall–Kier alpha value is -8.86. The van der Waals surface area contributed by atoms with Crippen LogP contribution in [0, 0.1) is 0 Å². The standard InChI is InChI=1S/C62H40N4/c1-3-12-41(13-4-1)43-24-28-46(29-25-43)60-64-61(47-30-26-44(27-31-47)42-14-5-2-6-15-42)66-62(65-60)54-22-11-20-51(38-54)49-18-9-17-48(36-49)50-19-10-21-52(37-50)55-39-53-33-34-57-56-23-8-7-16-45(56)32-35-58(57)59(53)63-40-55/h1-40H. The Balaban J connectivity index is 0.877. The highest BCUT2D eigenvalue weighted by Crippen LogP contribution is 2.36. The molecule has 0 fully saturated rings. The second-order valence-corrected chi connectivity index (χ2v) is 16.7. The molecule has 12 aromatic rings. The summed E-state index contributed by atoms with van der Waals surface area (Å²) in [5.41, 5.74) is 15.1. The van der Waals surface area contributed by atoms with E-state index in [-0.39, 0.29) is 0 Å². The normalized spacial score (nSPS) is 11.3. The van der Waals surface area contributed by atoms with Gasteiger partial charge in [-0.2, -0.15) is 0 Å². The van der Waals surface area contributed by atoms with E-state index in [1.54, 1.807) is 0 Å². The van der Waals surface area contributed by atoms with Gasteiger partial charge in [-0.3, -0.25) is 4.98 Å². The number of pyridine rings is 1.